The highest BCUT2D eigenvalue weighted by Crippen LogP contribution is 2.29. The standard InChI is InChI=1S/C12H24N/c1-2-12-6-10-13(11-7-12)8-4-3-5-9-13/h12H,2-11H2,1H3/q+1. The van der Waals surface area contributed by atoms with Gasteiger partial charge in [0.05, 0.1) is 26.2 Å². The lowest BCUT2D eigenvalue weighted by molar-refractivity contribution is -0.937. The highest BCUT2D eigenvalue weighted by molar-refractivity contribution is 4.66. The van der Waals surface area contributed by atoms with E-state index in [0.717, 1.165) is 5.92 Å². The van der Waals surface area contributed by atoms with Crippen molar-refractivity contribution in [2.24, 2.45) is 5.92 Å². The van der Waals surface area contributed by atoms with E-state index in [4.69, 9.17) is 0 Å². The zero-order chi connectivity index (χ0) is 9.15. The predicted octanol–water partition coefficient (Wildman–Crippen LogP) is 2.81. The molecule has 0 bridgehead atoms. The molecule has 0 unspecified atom stereocenters. The summed E-state index contributed by atoms with van der Waals surface area (Å²) in [5, 5.41) is 0. The molecule has 0 amide bonds. The molecule has 2 saturated heterocycles. The van der Waals surface area contributed by atoms with Crippen molar-refractivity contribution in [1.29, 1.82) is 0 Å². The second-order valence-corrected chi connectivity index (χ2v) is 5.15. The zero-order valence-corrected chi connectivity index (χ0v) is 9.10. The molecular formula is C12H24N+. The molecule has 2 aliphatic rings. The number of hydrogen-bond acceptors (Lipinski definition) is 0. The Hall–Kier alpha value is -0.0400. The van der Waals surface area contributed by atoms with Crippen molar-refractivity contribution in [3.63, 3.8) is 0 Å². The molecule has 0 aromatic heterocycles. The summed E-state index contributed by atoms with van der Waals surface area (Å²) in [6.07, 6.45) is 8.93. The van der Waals surface area contributed by atoms with Crippen LogP contribution in [-0.2, 0) is 0 Å². The van der Waals surface area contributed by atoms with Crippen LogP contribution < -0.4 is 0 Å². The Kier molecular flexibility index (Phi) is 2.92. The van der Waals surface area contributed by atoms with Crippen LogP contribution in [0.4, 0.5) is 0 Å². The maximum absolute atomic E-state index is 2.36. The maximum atomic E-state index is 2.36. The summed E-state index contributed by atoms with van der Waals surface area (Å²) in [7, 11) is 0. The van der Waals surface area contributed by atoms with Gasteiger partial charge in [0, 0.05) is 0 Å². The number of piperidine rings is 2. The number of hydrogen-bond donors (Lipinski definition) is 0. The third-order valence-electron chi connectivity index (χ3n) is 4.37. The average molecular weight is 182 g/mol. The van der Waals surface area contributed by atoms with E-state index in [2.05, 4.69) is 6.92 Å². The van der Waals surface area contributed by atoms with Crippen molar-refractivity contribution in [3.05, 3.63) is 0 Å². The summed E-state index contributed by atoms with van der Waals surface area (Å²) in [6.45, 7) is 8.35. The van der Waals surface area contributed by atoms with E-state index in [9.17, 15) is 0 Å². The molecule has 0 saturated carbocycles. The fourth-order valence-corrected chi connectivity index (χ4v) is 3.21. The Balaban J connectivity index is 1.87. The lowest BCUT2D eigenvalue weighted by Gasteiger charge is -2.46. The van der Waals surface area contributed by atoms with E-state index in [1.54, 1.807) is 0 Å². The van der Waals surface area contributed by atoms with Crippen LogP contribution in [0.15, 0.2) is 0 Å². The van der Waals surface area contributed by atoms with Crippen molar-refractivity contribution in [3.8, 4) is 0 Å². The van der Waals surface area contributed by atoms with E-state index in [0.29, 0.717) is 0 Å². The average Bonchev–Trinajstić information content (AvgIpc) is 2.20. The van der Waals surface area contributed by atoms with Gasteiger partial charge in [-0.1, -0.05) is 13.3 Å². The number of rotatable bonds is 1. The monoisotopic (exact) mass is 182 g/mol. The Morgan fingerprint density at radius 3 is 2.08 bits per heavy atom. The van der Waals surface area contributed by atoms with E-state index in [-0.39, 0.29) is 0 Å². The van der Waals surface area contributed by atoms with Gasteiger partial charge in [0.2, 0.25) is 0 Å². The number of nitrogens with zero attached hydrogens (tertiary/aromatic N) is 1. The first-order valence-electron chi connectivity index (χ1n) is 6.20. The number of quaternary nitrogens is 1. The molecule has 0 aromatic rings. The zero-order valence-electron chi connectivity index (χ0n) is 9.10. The van der Waals surface area contributed by atoms with E-state index >= 15 is 0 Å². The Labute approximate surface area is 82.7 Å². The topological polar surface area (TPSA) is 0 Å². The first kappa shape index (κ1) is 9.51. The Morgan fingerprint density at radius 2 is 1.54 bits per heavy atom. The highest BCUT2D eigenvalue weighted by Gasteiger charge is 2.34. The molecule has 76 valence electrons. The first-order valence-corrected chi connectivity index (χ1v) is 6.20. The van der Waals surface area contributed by atoms with E-state index in [1.165, 1.54) is 69.2 Å². The van der Waals surface area contributed by atoms with Crippen LogP contribution in [0.1, 0.15) is 45.4 Å². The van der Waals surface area contributed by atoms with Crippen LogP contribution in [0, 0.1) is 5.92 Å². The van der Waals surface area contributed by atoms with Crippen molar-refractivity contribution in [2.75, 3.05) is 26.2 Å². The smallest absolute Gasteiger partial charge is 0.0789 e. The van der Waals surface area contributed by atoms with Crippen molar-refractivity contribution in [2.45, 2.75) is 45.4 Å². The predicted molar refractivity (Wildman–Crippen MR) is 56.6 cm³/mol. The molecule has 0 radical (unpaired) electrons. The van der Waals surface area contributed by atoms with Gasteiger partial charge in [-0.3, -0.25) is 0 Å². The lowest BCUT2D eigenvalue weighted by atomic mass is 9.91. The molecular weight excluding hydrogens is 158 g/mol. The summed E-state index contributed by atoms with van der Waals surface area (Å²) in [4.78, 5) is 0. The van der Waals surface area contributed by atoms with Gasteiger partial charge in [0.1, 0.15) is 0 Å². The quantitative estimate of drug-likeness (QED) is 0.547. The summed E-state index contributed by atoms with van der Waals surface area (Å²) in [5.74, 6) is 1.06. The minimum Gasteiger partial charge on any atom is -0.324 e. The molecule has 2 rings (SSSR count). The molecule has 2 heterocycles. The first-order chi connectivity index (χ1) is 6.35. The minimum absolute atomic E-state index is 1.06. The van der Waals surface area contributed by atoms with Crippen molar-refractivity contribution >= 4 is 0 Å². The van der Waals surface area contributed by atoms with Crippen molar-refractivity contribution in [1.82, 2.24) is 0 Å². The van der Waals surface area contributed by atoms with E-state index in [1.807, 2.05) is 0 Å². The molecule has 1 heteroatoms. The summed E-state index contributed by atoms with van der Waals surface area (Å²) in [5.41, 5.74) is 0. The third-order valence-corrected chi connectivity index (χ3v) is 4.37. The fraction of sp³-hybridized carbons (Fsp3) is 1.00. The van der Waals surface area contributed by atoms with Gasteiger partial charge >= 0.3 is 0 Å². The van der Waals surface area contributed by atoms with E-state index < -0.39 is 0 Å². The van der Waals surface area contributed by atoms with Crippen molar-refractivity contribution < 1.29 is 4.48 Å². The normalized spacial score (nSPS) is 29.3. The second-order valence-electron chi connectivity index (χ2n) is 5.15. The van der Waals surface area contributed by atoms with Crippen LogP contribution in [0.5, 0.6) is 0 Å². The Bertz CT molecular complexity index is 149. The van der Waals surface area contributed by atoms with Gasteiger partial charge in [-0.25, -0.2) is 0 Å². The second kappa shape index (κ2) is 4.00. The molecule has 1 nitrogen and oxygen atoms in total. The third kappa shape index (κ3) is 2.07. The van der Waals surface area contributed by atoms with Gasteiger partial charge in [-0.2, -0.15) is 0 Å². The summed E-state index contributed by atoms with van der Waals surface area (Å²) < 4.78 is 1.50. The van der Waals surface area contributed by atoms with Crippen LogP contribution in [0.3, 0.4) is 0 Å². The molecule has 1 spiro atoms. The SMILES string of the molecule is CCC1CC[N+]2(CCCCC2)CC1. The summed E-state index contributed by atoms with van der Waals surface area (Å²) >= 11 is 0. The van der Waals surface area contributed by atoms with Crippen LogP contribution >= 0.6 is 0 Å². The van der Waals surface area contributed by atoms with Gasteiger partial charge < -0.3 is 4.48 Å². The van der Waals surface area contributed by atoms with Gasteiger partial charge in [-0.05, 0) is 38.0 Å². The molecule has 0 aliphatic carbocycles. The largest absolute Gasteiger partial charge is 0.324 e. The molecule has 0 N–H and O–H groups in total. The molecule has 2 fully saturated rings. The maximum Gasteiger partial charge on any atom is 0.0789 e. The molecule has 0 aromatic carbocycles. The fourth-order valence-electron chi connectivity index (χ4n) is 3.21. The van der Waals surface area contributed by atoms with Gasteiger partial charge in [0.25, 0.3) is 0 Å². The van der Waals surface area contributed by atoms with Gasteiger partial charge in [0.15, 0.2) is 0 Å². The molecule has 13 heavy (non-hydrogen) atoms. The van der Waals surface area contributed by atoms with Crippen LogP contribution in [-0.4, -0.2) is 30.7 Å². The lowest BCUT2D eigenvalue weighted by Crippen LogP contribution is -2.55. The Morgan fingerprint density at radius 1 is 0.923 bits per heavy atom. The van der Waals surface area contributed by atoms with Crippen LogP contribution in [0.2, 0.25) is 0 Å². The minimum atomic E-state index is 1.06. The molecule has 0 atom stereocenters. The highest BCUT2D eigenvalue weighted by atomic mass is 15.4. The van der Waals surface area contributed by atoms with Gasteiger partial charge in [-0.15, -0.1) is 0 Å². The summed E-state index contributed by atoms with van der Waals surface area (Å²) in [6, 6.07) is 0. The molecule has 2 aliphatic heterocycles. The van der Waals surface area contributed by atoms with Crippen LogP contribution in [0.25, 0.3) is 0 Å².